The summed E-state index contributed by atoms with van der Waals surface area (Å²) >= 11 is 0. The summed E-state index contributed by atoms with van der Waals surface area (Å²) in [6, 6.07) is 23.9. The monoisotopic (exact) mass is 386 g/mol. The van der Waals surface area contributed by atoms with Gasteiger partial charge in [-0.25, -0.2) is 0 Å². The zero-order valence-corrected chi connectivity index (χ0v) is 17.7. The van der Waals surface area contributed by atoms with Crippen molar-refractivity contribution in [2.24, 2.45) is 0 Å². The molecule has 4 rings (SSSR count). The molecule has 3 aromatic carbocycles. The molecular formula is C26H30N2O. The van der Waals surface area contributed by atoms with Gasteiger partial charge in [0.05, 0.1) is 7.11 Å². The summed E-state index contributed by atoms with van der Waals surface area (Å²) in [6.45, 7) is 9.63. The molecule has 1 aliphatic rings. The Morgan fingerprint density at radius 2 is 1.62 bits per heavy atom. The second-order valence-corrected chi connectivity index (χ2v) is 7.95. The maximum absolute atomic E-state index is 5.64. The van der Waals surface area contributed by atoms with Crippen molar-refractivity contribution in [3.63, 3.8) is 0 Å². The van der Waals surface area contributed by atoms with Crippen LogP contribution >= 0.6 is 0 Å². The fourth-order valence-corrected chi connectivity index (χ4v) is 4.21. The molecule has 0 amide bonds. The molecule has 0 atom stereocenters. The van der Waals surface area contributed by atoms with Crippen LogP contribution in [0.15, 0.2) is 66.7 Å². The van der Waals surface area contributed by atoms with Crippen molar-refractivity contribution >= 4 is 5.69 Å². The van der Waals surface area contributed by atoms with Crippen molar-refractivity contribution in [1.82, 2.24) is 4.90 Å². The third-order valence-corrected chi connectivity index (χ3v) is 5.83. The van der Waals surface area contributed by atoms with Crippen LogP contribution in [0, 0.1) is 13.8 Å². The minimum absolute atomic E-state index is 0.934. The van der Waals surface area contributed by atoms with Gasteiger partial charge in [0, 0.05) is 44.0 Å². The van der Waals surface area contributed by atoms with Gasteiger partial charge in [0.2, 0.25) is 0 Å². The van der Waals surface area contributed by atoms with Gasteiger partial charge in [-0.05, 0) is 48.7 Å². The van der Waals surface area contributed by atoms with Crippen LogP contribution in [-0.2, 0) is 6.54 Å². The molecule has 0 unspecified atom stereocenters. The molecule has 0 spiro atoms. The quantitative estimate of drug-likeness (QED) is 0.592. The molecule has 3 heteroatoms. The lowest BCUT2D eigenvalue weighted by Crippen LogP contribution is -2.46. The number of ether oxygens (including phenoxy) is 1. The lowest BCUT2D eigenvalue weighted by Gasteiger charge is -2.37. The maximum atomic E-state index is 5.64. The molecule has 1 fully saturated rings. The first-order valence-electron chi connectivity index (χ1n) is 10.4. The molecule has 0 aromatic heterocycles. The van der Waals surface area contributed by atoms with E-state index in [2.05, 4.69) is 90.4 Å². The summed E-state index contributed by atoms with van der Waals surface area (Å²) in [7, 11) is 1.75. The van der Waals surface area contributed by atoms with Gasteiger partial charge >= 0.3 is 0 Å². The number of nitrogens with zero attached hydrogens (tertiary/aromatic N) is 2. The number of para-hydroxylation sites is 1. The van der Waals surface area contributed by atoms with Gasteiger partial charge < -0.3 is 9.64 Å². The van der Waals surface area contributed by atoms with Gasteiger partial charge in [-0.1, -0.05) is 54.1 Å². The van der Waals surface area contributed by atoms with Crippen LogP contribution in [0.2, 0.25) is 0 Å². The fraction of sp³-hybridized carbons (Fsp3) is 0.308. The van der Waals surface area contributed by atoms with E-state index < -0.39 is 0 Å². The summed E-state index contributed by atoms with van der Waals surface area (Å²) in [5, 5.41) is 0. The lowest BCUT2D eigenvalue weighted by molar-refractivity contribution is 0.249. The number of hydrogen-bond donors (Lipinski definition) is 0. The average Bonchev–Trinajstić information content (AvgIpc) is 2.75. The first-order chi connectivity index (χ1) is 14.1. The van der Waals surface area contributed by atoms with Crippen LogP contribution in [0.3, 0.4) is 0 Å². The van der Waals surface area contributed by atoms with Crippen molar-refractivity contribution in [2.45, 2.75) is 20.4 Å². The van der Waals surface area contributed by atoms with E-state index >= 15 is 0 Å². The van der Waals surface area contributed by atoms with Gasteiger partial charge in [-0.2, -0.15) is 0 Å². The lowest BCUT2D eigenvalue weighted by atomic mass is 10.00. The Hall–Kier alpha value is -2.78. The molecule has 1 saturated heterocycles. The minimum atomic E-state index is 0.934. The van der Waals surface area contributed by atoms with E-state index in [0.29, 0.717) is 0 Å². The van der Waals surface area contributed by atoms with Crippen LogP contribution in [-0.4, -0.2) is 38.2 Å². The topological polar surface area (TPSA) is 15.7 Å². The Bertz CT molecular complexity index is 974. The Morgan fingerprint density at radius 1 is 0.828 bits per heavy atom. The molecule has 0 aliphatic carbocycles. The highest BCUT2D eigenvalue weighted by Crippen LogP contribution is 2.32. The highest BCUT2D eigenvalue weighted by atomic mass is 16.5. The van der Waals surface area contributed by atoms with E-state index in [1.54, 1.807) is 7.11 Å². The third kappa shape index (κ3) is 4.46. The summed E-state index contributed by atoms with van der Waals surface area (Å²) in [4.78, 5) is 5.06. The van der Waals surface area contributed by atoms with Gasteiger partial charge in [0.1, 0.15) is 5.75 Å². The summed E-state index contributed by atoms with van der Waals surface area (Å²) in [5.74, 6) is 0.934. The second-order valence-electron chi connectivity index (χ2n) is 7.95. The molecule has 0 radical (unpaired) electrons. The molecule has 1 heterocycles. The maximum Gasteiger partial charge on any atom is 0.126 e. The number of anilines is 1. The predicted octanol–water partition coefficient (Wildman–Crippen LogP) is 5.30. The Balaban J connectivity index is 1.47. The molecule has 0 bridgehead atoms. The van der Waals surface area contributed by atoms with Gasteiger partial charge in [-0.15, -0.1) is 0 Å². The summed E-state index contributed by atoms with van der Waals surface area (Å²) in [6.07, 6.45) is 0. The van der Waals surface area contributed by atoms with Gasteiger partial charge in [-0.3, -0.25) is 4.90 Å². The van der Waals surface area contributed by atoms with Crippen LogP contribution in [0.5, 0.6) is 5.75 Å². The average molecular weight is 387 g/mol. The zero-order chi connectivity index (χ0) is 20.2. The molecule has 0 N–H and O–H groups in total. The van der Waals surface area contributed by atoms with Crippen molar-refractivity contribution in [2.75, 3.05) is 38.2 Å². The SMILES string of the molecule is COc1ccc(CN2CCN(c3ccccc3C)CC2)cc1-c1cccc(C)c1. The highest BCUT2D eigenvalue weighted by Gasteiger charge is 2.19. The van der Waals surface area contributed by atoms with Crippen LogP contribution < -0.4 is 9.64 Å². The normalized spacial score (nSPS) is 14.8. The Kier molecular flexibility index (Phi) is 5.86. The van der Waals surface area contributed by atoms with E-state index in [1.807, 2.05) is 0 Å². The van der Waals surface area contributed by atoms with Crippen LogP contribution in [0.4, 0.5) is 5.69 Å². The molecule has 0 saturated carbocycles. The van der Waals surface area contributed by atoms with E-state index in [1.165, 1.54) is 33.5 Å². The largest absolute Gasteiger partial charge is 0.496 e. The first-order valence-corrected chi connectivity index (χ1v) is 10.4. The van der Waals surface area contributed by atoms with E-state index in [9.17, 15) is 0 Å². The van der Waals surface area contributed by atoms with Crippen LogP contribution in [0.1, 0.15) is 16.7 Å². The minimum Gasteiger partial charge on any atom is -0.496 e. The Labute approximate surface area is 174 Å². The van der Waals surface area contributed by atoms with Crippen molar-refractivity contribution in [3.8, 4) is 16.9 Å². The first kappa shape index (κ1) is 19.5. The van der Waals surface area contributed by atoms with Gasteiger partial charge in [0.15, 0.2) is 0 Å². The molecule has 150 valence electrons. The van der Waals surface area contributed by atoms with E-state index in [4.69, 9.17) is 4.74 Å². The van der Waals surface area contributed by atoms with Crippen molar-refractivity contribution in [3.05, 3.63) is 83.4 Å². The molecular weight excluding hydrogens is 356 g/mol. The number of hydrogen-bond acceptors (Lipinski definition) is 3. The molecule has 3 aromatic rings. The number of piperazine rings is 1. The fourth-order valence-electron chi connectivity index (χ4n) is 4.21. The number of aryl methyl sites for hydroxylation is 2. The van der Waals surface area contributed by atoms with E-state index in [0.717, 1.165) is 38.5 Å². The number of benzene rings is 3. The molecule has 3 nitrogen and oxygen atoms in total. The number of rotatable bonds is 5. The standard InChI is InChI=1S/C26H30N2O/c1-20-7-6-9-23(17-20)24-18-22(11-12-26(24)29-3)19-27-13-15-28(16-14-27)25-10-5-4-8-21(25)2/h4-12,17-18H,13-16,19H2,1-3H3. The van der Waals surface area contributed by atoms with Gasteiger partial charge in [0.25, 0.3) is 0 Å². The Morgan fingerprint density at radius 3 is 2.34 bits per heavy atom. The van der Waals surface area contributed by atoms with Crippen molar-refractivity contribution < 1.29 is 4.74 Å². The second kappa shape index (κ2) is 8.71. The predicted molar refractivity (Wildman–Crippen MR) is 122 cm³/mol. The van der Waals surface area contributed by atoms with E-state index in [-0.39, 0.29) is 0 Å². The van der Waals surface area contributed by atoms with Crippen LogP contribution in [0.25, 0.3) is 11.1 Å². The highest BCUT2D eigenvalue weighted by molar-refractivity contribution is 5.71. The molecule has 1 aliphatic heterocycles. The summed E-state index contributed by atoms with van der Waals surface area (Å²) in [5.41, 5.74) is 7.73. The zero-order valence-electron chi connectivity index (χ0n) is 17.7. The number of methoxy groups -OCH3 is 1. The van der Waals surface area contributed by atoms with Crippen molar-refractivity contribution in [1.29, 1.82) is 0 Å². The summed E-state index contributed by atoms with van der Waals surface area (Å²) < 4.78 is 5.64. The molecule has 29 heavy (non-hydrogen) atoms. The smallest absolute Gasteiger partial charge is 0.126 e. The third-order valence-electron chi connectivity index (χ3n) is 5.83.